The molecule has 0 fully saturated rings. The highest BCUT2D eigenvalue weighted by molar-refractivity contribution is 5.89. The minimum absolute atomic E-state index is 0.160. The van der Waals surface area contributed by atoms with Crippen LogP contribution in [0.25, 0.3) is 0 Å². The van der Waals surface area contributed by atoms with Crippen molar-refractivity contribution in [3.8, 4) is 5.75 Å². The molecule has 0 unspecified atom stereocenters. The Morgan fingerprint density at radius 1 is 0.750 bits per heavy atom. The predicted molar refractivity (Wildman–Crippen MR) is 95.0 cm³/mol. The van der Waals surface area contributed by atoms with Gasteiger partial charge in [-0.2, -0.15) is 0 Å². The molecule has 3 aromatic rings. The Bertz CT molecular complexity index is 747. The van der Waals surface area contributed by atoms with Gasteiger partial charge in [0.2, 0.25) is 0 Å². The average molecular weight is 318 g/mol. The molecule has 0 aliphatic carbocycles. The van der Waals surface area contributed by atoms with Crippen molar-refractivity contribution in [1.29, 1.82) is 0 Å². The summed E-state index contributed by atoms with van der Waals surface area (Å²) in [6.07, 6.45) is 0. The minimum atomic E-state index is -0.307. The molecule has 0 bridgehead atoms. The number of nitrogens with one attached hydrogen (secondary N) is 2. The Morgan fingerprint density at radius 2 is 1.25 bits per heavy atom. The lowest BCUT2D eigenvalue weighted by molar-refractivity contribution is 0.250. The normalized spacial score (nSPS) is 10.4. The van der Waals surface area contributed by atoms with Crippen molar-refractivity contribution in [3.63, 3.8) is 0 Å². The summed E-state index contributed by atoms with van der Waals surface area (Å²) in [4.78, 5) is 12.4. The first-order valence-corrected chi connectivity index (χ1v) is 7.69. The van der Waals surface area contributed by atoms with E-state index in [1.54, 1.807) is 12.1 Å². The van der Waals surface area contributed by atoms with Gasteiger partial charge in [0.1, 0.15) is 5.75 Å². The molecule has 4 heteroatoms. The van der Waals surface area contributed by atoms with Gasteiger partial charge in [-0.1, -0.05) is 60.7 Å². The molecule has 120 valence electrons. The van der Waals surface area contributed by atoms with E-state index < -0.39 is 0 Å². The van der Waals surface area contributed by atoms with E-state index in [1.807, 2.05) is 60.7 Å². The lowest BCUT2D eigenvalue weighted by Gasteiger charge is -2.20. The molecule has 3 aromatic carbocycles. The van der Waals surface area contributed by atoms with Crippen LogP contribution in [0.4, 0.5) is 10.5 Å². The van der Waals surface area contributed by atoms with E-state index in [2.05, 4.69) is 10.6 Å². The van der Waals surface area contributed by atoms with Crippen molar-refractivity contribution in [2.45, 2.75) is 6.04 Å². The van der Waals surface area contributed by atoms with Gasteiger partial charge in [0.25, 0.3) is 0 Å². The minimum Gasteiger partial charge on any atom is -0.508 e. The van der Waals surface area contributed by atoms with Crippen molar-refractivity contribution >= 4 is 11.7 Å². The molecule has 0 aliphatic rings. The number of amides is 2. The summed E-state index contributed by atoms with van der Waals surface area (Å²) in [5.74, 6) is 0.160. The average Bonchev–Trinajstić information content (AvgIpc) is 2.63. The maximum atomic E-state index is 12.4. The van der Waals surface area contributed by atoms with Crippen LogP contribution >= 0.6 is 0 Å². The van der Waals surface area contributed by atoms with E-state index in [9.17, 15) is 9.90 Å². The van der Waals surface area contributed by atoms with Gasteiger partial charge in [-0.25, -0.2) is 4.79 Å². The molecule has 2 amide bonds. The Labute approximate surface area is 140 Å². The molecule has 0 atom stereocenters. The van der Waals surface area contributed by atoms with Crippen LogP contribution in [0.5, 0.6) is 5.75 Å². The fourth-order valence-electron chi connectivity index (χ4n) is 2.49. The van der Waals surface area contributed by atoms with Crippen molar-refractivity contribution in [1.82, 2.24) is 5.32 Å². The molecule has 24 heavy (non-hydrogen) atoms. The maximum absolute atomic E-state index is 12.4. The molecule has 0 radical (unpaired) electrons. The summed E-state index contributed by atoms with van der Waals surface area (Å²) in [7, 11) is 0. The number of urea groups is 1. The number of anilines is 1. The summed E-state index contributed by atoms with van der Waals surface area (Å²) in [6.45, 7) is 0. The molecule has 3 rings (SSSR count). The second-order valence-electron chi connectivity index (χ2n) is 5.40. The summed E-state index contributed by atoms with van der Waals surface area (Å²) in [5, 5.41) is 15.1. The number of aromatic hydroxyl groups is 1. The number of carbonyl (C=O) groups excluding carboxylic acids is 1. The van der Waals surface area contributed by atoms with E-state index in [0.717, 1.165) is 11.1 Å². The van der Waals surface area contributed by atoms with Gasteiger partial charge in [-0.15, -0.1) is 0 Å². The molecule has 0 spiro atoms. The van der Waals surface area contributed by atoms with E-state index in [1.165, 1.54) is 12.1 Å². The second-order valence-corrected chi connectivity index (χ2v) is 5.40. The van der Waals surface area contributed by atoms with E-state index in [0.29, 0.717) is 5.69 Å². The topological polar surface area (TPSA) is 61.4 Å². The highest BCUT2D eigenvalue weighted by Gasteiger charge is 2.16. The quantitative estimate of drug-likeness (QED) is 0.628. The van der Waals surface area contributed by atoms with Gasteiger partial charge in [0.05, 0.1) is 6.04 Å². The maximum Gasteiger partial charge on any atom is 0.319 e. The van der Waals surface area contributed by atoms with Crippen LogP contribution < -0.4 is 10.6 Å². The molecule has 0 saturated carbocycles. The number of hydrogen-bond acceptors (Lipinski definition) is 2. The lowest BCUT2D eigenvalue weighted by Crippen LogP contribution is -2.33. The van der Waals surface area contributed by atoms with Crippen molar-refractivity contribution < 1.29 is 9.90 Å². The number of phenols is 1. The van der Waals surface area contributed by atoms with Gasteiger partial charge < -0.3 is 15.7 Å². The second kappa shape index (κ2) is 7.33. The summed E-state index contributed by atoms with van der Waals surface area (Å²) >= 11 is 0. The van der Waals surface area contributed by atoms with Gasteiger partial charge in [-0.3, -0.25) is 0 Å². The first-order chi connectivity index (χ1) is 11.7. The fraction of sp³-hybridized carbons (Fsp3) is 0.0500. The molecule has 0 heterocycles. The zero-order chi connectivity index (χ0) is 16.8. The van der Waals surface area contributed by atoms with Crippen LogP contribution in [0, 0.1) is 0 Å². The Kier molecular flexibility index (Phi) is 4.77. The van der Waals surface area contributed by atoms with Crippen molar-refractivity contribution in [2.75, 3.05) is 5.32 Å². The number of benzene rings is 3. The molecule has 3 N–H and O–H groups in total. The van der Waals surface area contributed by atoms with E-state index in [4.69, 9.17) is 0 Å². The molecule has 0 saturated heterocycles. The van der Waals surface area contributed by atoms with Crippen LogP contribution in [0.3, 0.4) is 0 Å². The van der Waals surface area contributed by atoms with Crippen LogP contribution in [-0.2, 0) is 0 Å². The smallest absolute Gasteiger partial charge is 0.319 e. The molecular weight excluding hydrogens is 300 g/mol. The zero-order valence-corrected chi connectivity index (χ0v) is 13.0. The molecule has 0 aromatic heterocycles. The summed E-state index contributed by atoms with van der Waals surface area (Å²) < 4.78 is 0. The van der Waals surface area contributed by atoms with E-state index >= 15 is 0 Å². The van der Waals surface area contributed by atoms with Gasteiger partial charge in [0, 0.05) is 5.69 Å². The summed E-state index contributed by atoms with van der Waals surface area (Å²) in [5.41, 5.74) is 2.62. The van der Waals surface area contributed by atoms with Gasteiger partial charge in [0.15, 0.2) is 0 Å². The Hall–Kier alpha value is -3.27. The van der Waals surface area contributed by atoms with Crippen LogP contribution in [0.2, 0.25) is 0 Å². The third-order valence-corrected chi connectivity index (χ3v) is 3.67. The Balaban J connectivity index is 1.79. The van der Waals surface area contributed by atoms with Crippen molar-refractivity contribution in [2.24, 2.45) is 0 Å². The number of hydrogen-bond donors (Lipinski definition) is 3. The number of phenolic OH excluding ortho intramolecular Hbond substituents is 1. The molecular formula is C20H18N2O2. The van der Waals surface area contributed by atoms with Crippen LogP contribution in [-0.4, -0.2) is 11.1 Å². The largest absolute Gasteiger partial charge is 0.508 e. The highest BCUT2D eigenvalue weighted by atomic mass is 16.3. The van der Waals surface area contributed by atoms with Crippen LogP contribution in [0.1, 0.15) is 17.2 Å². The first kappa shape index (κ1) is 15.6. The fourth-order valence-corrected chi connectivity index (χ4v) is 2.49. The predicted octanol–water partition coefficient (Wildman–Crippen LogP) is 4.30. The Morgan fingerprint density at radius 3 is 1.75 bits per heavy atom. The number of carbonyl (C=O) groups is 1. The van der Waals surface area contributed by atoms with Gasteiger partial charge in [-0.05, 0) is 35.4 Å². The monoisotopic (exact) mass is 318 g/mol. The molecule has 4 nitrogen and oxygen atoms in total. The highest BCUT2D eigenvalue weighted by Crippen LogP contribution is 2.22. The molecule has 0 aliphatic heterocycles. The third-order valence-electron chi connectivity index (χ3n) is 3.67. The van der Waals surface area contributed by atoms with E-state index in [-0.39, 0.29) is 17.8 Å². The lowest BCUT2D eigenvalue weighted by atomic mass is 9.99. The zero-order valence-electron chi connectivity index (χ0n) is 13.0. The SMILES string of the molecule is O=C(Nc1ccc(O)cc1)NC(c1ccccc1)c1ccccc1. The third kappa shape index (κ3) is 3.93. The van der Waals surface area contributed by atoms with Crippen LogP contribution in [0.15, 0.2) is 84.9 Å². The summed E-state index contributed by atoms with van der Waals surface area (Å²) in [6, 6.07) is 25.4. The standard InChI is InChI=1S/C20H18N2O2/c23-18-13-11-17(12-14-18)21-20(24)22-19(15-7-3-1-4-8-15)16-9-5-2-6-10-16/h1-14,19,23H,(H2,21,22,24). The first-order valence-electron chi connectivity index (χ1n) is 7.69. The van der Waals surface area contributed by atoms with Crippen molar-refractivity contribution in [3.05, 3.63) is 96.1 Å². The van der Waals surface area contributed by atoms with Gasteiger partial charge >= 0.3 is 6.03 Å². The number of rotatable bonds is 4.